The van der Waals surface area contributed by atoms with E-state index in [0.717, 1.165) is 6.07 Å². The molecule has 14 heavy (non-hydrogen) atoms. The van der Waals surface area contributed by atoms with E-state index in [2.05, 4.69) is 0 Å². The number of hydrogen-bond donors (Lipinski definition) is 0. The maximum Gasteiger partial charge on any atom is 0.318 e. The Morgan fingerprint density at radius 2 is 2.14 bits per heavy atom. The lowest BCUT2D eigenvalue weighted by atomic mass is 10.3. The first kappa shape index (κ1) is 10.4. The minimum absolute atomic E-state index is 0.108. The standard InChI is InChI=1S/C10H9FO3/c1-7(12)5-10(13)14-9-4-2-3-8(11)6-9/h2-4,6H,5H2,1H3. The molecule has 3 nitrogen and oxygen atoms in total. The maximum absolute atomic E-state index is 12.6. The quantitative estimate of drug-likeness (QED) is 0.420. The van der Waals surface area contributed by atoms with Crippen LogP contribution in [0.25, 0.3) is 0 Å². The zero-order chi connectivity index (χ0) is 10.6. The number of carbonyl (C=O) groups is 2. The highest BCUT2D eigenvalue weighted by Crippen LogP contribution is 2.12. The largest absolute Gasteiger partial charge is 0.426 e. The van der Waals surface area contributed by atoms with Crippen LogP contribution in [0.4, 0.5) is 4.39 Å². The van der Waals surface area contributed by atoms with Crippen LogP contribution in [0, 0.1) is 5.82 Å². The van der Waals surface area contributed by atoms with E-state index < -0.39 is 11.8 Å². The average molecular weight is 196 g/mol. The van der Waals surface area contributed by atoms with Gasteiger partial charge in [0, 0.05) is 6.07 Å². The second-order valence-corrected chi connectivity index (χ2v) is 2.81. The van der Waals surface area contributed by atoms with E-state index in [1.54, 1.807) is 0 Å². The summed E-state index contributed by atoms with van der Waals surface area (Å²) < 4.78 is 17.3. The number of hydrogen-bond acceptors (Lipinski definition) is 3. The van der Waals surface area contributed by atoms with Crippen molar-refractivity contribution in [2.24, 2.45) is 0 Å². The van der Waals surface area contributed by atoms with Gasteiger partial charge in [-0.2, -0.15) is 0 Å². The topological polar surface area (TPSA) is 43.4 Å². The van der Waals surface area contributed by atoms with Gasteiger partial charge in [0.25, 0.3) is 0 Å². The molecule has 0 saturated carbocycles. The van der Waals surface area contributed by atoms with Gasteiger partial charge in [0.1, 0.15) is 23.8 Å². The van der Waals surface area contributed by atoms with Gasteiger partial charge < -0.3 is 4.74 Å². The molecule has 1 aromatic rings. The van der Waals surface area contributed by atoms with Gasteiger partial charge in [-0.3, -0.25) is 9.59 Å². The molecule has 0 aliphatic heterocycles. The summed E-state index contributed by atoms with van der Waals surface area (Å²) in [4.78, 5) is 21.5. The molecule has 0 spiro atoms. The lowest BCUT2D eigenvalue weighted by molar-refractivity contribution is -0.137. The summed E-state index contributed by atoms with van der Waals surface area (Å²) in [7, 11) is 0. The van der Waals surface area contributed by atoms with Crippen LogP contribution in [-0.2, 0) is 9.59 Å². The normalized spacial score (nSPS) is 9.57. The lowest BCUT2D eigenvalue weighted by Gasteiger charge is -2.01. The van der Waals surface area contributed by atoms with Crippen LogP contribution in [0.1, 0.15) is 13.3 Å². The van der Waals surface area contributed by atoms with Crippen molar-refractivity contribution in [2.45, 2.75) is 13.3 Å². The van der Waals surface area contributed by atoms with Crippen molar-refractivity contribution in [1.29, 1.82) is 0 Å². The van der Waals surface area contributed by atoms with Crippen molar-refractivity contribution < 1.29 is 18.7 Å². The van der Waals surface area contributed by atoms with Crippen LogP contribution in [-0.4, -0.2) is 11.8 Å². The van der Waals surface area contributed by atoms with Crippen LogP contribution in [0.3, 0.4) is 0 Å². The Labute approximate surface area is 80.5 Å². The number of rotatable bonds is 3. The molecule has 0 radical (unpaired) electrons. The molecule has 0 saturated heterocycles. The number of esters is 1. The molecule has 74 valence electrons. The molecule has 4 heteroatoms. The van der Waals surface area contributed by atoms with Gasteiger partial charge in [-0.05, 0) is 19.1 Å². The highest BCUT2D eigenvalue weighted by molar-refractivity contribution is 5.94. The Bertz CT molecular complexity index is 360. The van der Waals surface area contributed by atoms with Crippen LogP contribution in [0.15, 0.2) is 24.3 Å². The summed E-state index contributed by atoms with van der Waals surface area (Å²) in [6, 6.07) is 5.19. The second-order valence-electron chi connectivity index (χ2n) is 2.81. The molecule has 0 N–H and O–H groups in total. The molecule has 0 heterocycles. The Morgan fingerprint density at radius 3 is 2.71 bits per heavy atom. The molecule has 0 amide bonds. The fraction of sp³-hybridized carbons (Fsp3) is 0.200. The highest BCUT2D eigenvalue weighted by atomic mass is 19.1. The molecular formula is C10H9FO3. The van der Waals surface area contributed by atoms with E-state index in [4.69, 9.17) is 4.74 Å². The molecule has 0 aliphatic carbocycles. The van der Waals surface area contributed by atoms with Gasteiger partial charge in [-0.15, -0.1) is 0 Å². The van der Waals surface area contributed by atoms with Gasteiger partial charge >= 0.3 is 5.97 Å². The number of ketones is 1. The number of ether oxygens (including phenoxy) is 1. The van der Waals surface area contributed by atoms with Crippen LogP contribution < -0.4 is 4.74 Å². The Morgan fingerprint density at radius 1 is 1.43 bits per heavy atom. The van der Waals surface area contributed by atoms with Crippen molar-refractivity contribution in [3.8, 4) is 5.75 Å². The number of Topliss-reactive ketones (excluding diaryl/α,β-unsaturated/α-hetero) is 1. The third-order valence-electron chi connectivity index (χ3n) is 1.42. The monoisotopic (exact) mass is 196 g/mol. The van der Waals surface area contributed by atoms with Crippen molar-refractivity contribution in [2.75, 3.05) is 0 Å². The molecule has 0 aromatic heterocycles. The Kier molecular flexibility index (Phi) is 3.34. The van der Waals surface area contributed by atoms with Crippen molar-refractivity contribution >= 4 is 11.8 Å². The summed E-state index contributed by atoms with van der Waals surface area (Å²) in [5.41, 5.74) is 0. The fourth-order valence-corrected chi connectivity index (χ4v) is 0.901. The van der Waals surface area contributed by atoms with Crippen LogP contribution in [0.5, 0.6) is 5.75 Å². The average Bonchev–Trinajstić information content (AvgIpc) is 2.01. The fourth-order valence-electron chi connectivity index (χ4n) is 0.901. The summed E-state index contributed by atoms with van der Waals surface area (Å²) in [6.07, 6.45) is -0.295. The van der Waals surface area contributed by atoms with Crippen LogP contribution in [0.2, 0.25) is 0 Å². The molecule has 0 unspecified atom stereocenters. The minimum atomic E-state index is -0.678. The molecule has 0 aliphatic rings. The van der Waals surface area contributed by atoms with E-state index in [1.165, 1.54) is 25.1 Å². The first-order valence-corrected chi connectivity index (χ1v) is 4.03. The van der Waals surface area contributed by atoms with Crippen molar-refractivity contribution in [3.05, 3.63) is 30.1 Å². The van der Waals surface area contributed by atoms with E-state index in [9.17, 15) is 14.0 Å². The first-order valence-electron chi connectivity index (χ1n) is 4.03. The third kappa shape index (κ3) is 3.35. The second kappa shape index (κ2) is 4.50. The summed E-state index contributed by atoms with van der Waals surface area (Å²) in [5.74, 6) is -1.34. The van der Waals surface area contributed by atoms with E-state index in [0.29, 0.717) is 0 Å². The number of carbonyl (C=O) groups excluding carboxylic acids is 2. The predicted octanol–water partition coefficient (Wildman–Crippen LogP) is 1.71. The number of benzene rings is 1. The van der Waals surface area contributed by atoms with Gasteiger partial charge in [0.2, 0.25) is 0 Å². The highest BCUT2D eigenvalue weighted by Gasteiger charge is 2.07. The Hall–Kier alpha value is -1.71. The zero-order valence-corrected chi connectivity index (χ0v) is 7.62. The molecular weight excluding hydrogens is 187 g/mol. The number of halogens is 1. The Balaban J connectivity index is 2.60. The smallest absolute Gasteiger partial charge is 0.318 e. The molecule has 0 fully saturated rings. The van der Waals surface area contributed by atoms with Crippen molar-refractivity contribution in [3.63, 3.8) is 0 Å². The van der Waals surface area contributed by atoms with E-state index in [1.807, 2.05) is 0 Å². The van der Waals surface area contributed by atoms with Crippen molar-refractivity contribution in [1.82, 2.24) is 0 Å². The summed E-state index contributed by atoms with van der Waals surface area (Å²) in [6.45, 7) is 1.28. The molecule has 1 rings (SSSR count). The van der Waals surface area contributed by atoms with Gasteiger partial charge in [0.15, 0.2) is 0 Å². The predicted molar refractivity (Wildman–Crippen MR) is 47.3 cm³/mol. The van der Waals surface area contributed by atoms with Gasteiger partial charge in [-0.25, -0.2) is 4.39 Å². The maximum atomic E-state index is 12.6. The van der Waals surface area contributed by atoms with E-state index >= 15 is 0 Å². The summed E-state index contributed by atoms with van der Waals surface area (Å²) in [5, 5.41) is 0. The van der Waals surface area contributed by atoms with Crippen LogP contribution >= 0.6 is 0 Å². The molecule has 1 aromatic carbocycles. The third-order valence-corrected chi connectivity index (χ3v) is 1.42. The zero-order valence-electron chi connectivity index (χ0n) is 7.62. The SMILES string of the molecule is CC(=O)CC(=O)Oc1cccc(F)c1. The first-order chi connectivity index (χ1) is 6.58. The van der Waals surface area contributed by atoms with Gasteiger partial charge in [-0.1, -0.05) is 6.07 Å². The van der Waals surface area contributed by atoms with Gasteiger partial charge in [0.05, 0.1) is 0 Å². The molecule has 0 atom stereocenters. The molecule has 0 bridgehead atoms. The van der Waals surface area contributed by atoms with E-state index in [-0.39, 0.29) is 18.0 Å². The minimum Gasteiger partial charge on any atom is -0.426 e. The summed E-state index contributed by atoms with van der Waals surface area (Å²) >= 11 is 0. The lowest BCUT2D eigenvalue weighted by Crippen LogP contribution is -2.11.